The third-order valence-corrected chi connectivity index (χ3v) is 20.2. The van der Waals surface area contributed by atoms with Crippen LogP contribution >= 0.6 is 15.6 Å². The predicted octanol–water partition coefficient (Wildman–Crippen LogP) is 23.3. The molecule has 0 heterocycles. The molecule has 0 saturated carbocycles. The molecule has 0 aromatic carbocycles. The van der Waals surface area contributed by atoms with Crippen molar-refractivity contribution >= 4 is 39.5 Å². The summed E-state index contributed by atoms with van der Waals surface area (Å²) in [6.45, 7) is 7.25. The first-order valence-electron chi connectivity index (χ1n) is 40.6. The lowest BCUT2D eigenvalue weighted by atomic mass is 10.0. The number of hydrogen-bond donors (Lipinski definition) is 3. The Morgan fingerprint density at radius 3 is 0.701 bits per heavy atom. The van der Waals surface area contributed by atoms with E-state index in [1.54, 1.807) is 0 Å². The molecule has 0 rings (SSSR count). The Morgan fingerprint density at radius 1 is 0.278 bits per heavy atom. The van der Waals surface area contributed by atoms with Crippen molar-refractivity contribution in [2.24, 2.45) is 5.92 Å². The molecule has 576 valence electrons. The number of hydrogen-bond acceptors (Lipinski definition) is 15. The third-order valence-electron chi connectivity index (χ3n) is 18.3. The molecule has 5 atom stereocenters. The number of phosphoric acid groups is 2. The Morgan fingerprint density at radius 2 is 0.474 bits per heavy atom. The maximum Gasteiger partial charge on any atom is 0.472 e. The average Bonchev–Trinajstić information content (AvgIpc) is 2.04. The van der Waals surface area contributed by atoms with Gasteiger partial charge in [0.05, 0.1) is 26.4 Å². The van der Waals surface area contributed by atoms with Crippen LogP contribution in [0.15, 0.2) is 0 Å². The molecule has 0 aromatic rings. The summed E-state index contributed by atoms with van der Waals surface area (Å²) in [6, 6.07) is 0. The molecule has 0 saturated heterocycles. The summed E-state index contributed by atoms with van der Waals surface area (Å²) in [4.78, 5) is 72.6. The van der Waals surface area contributed by atoms with E-state index in [4.69, 9.17) is 37.0 Å². The van der Waals surface area contributed by atoms with Crippen LogP contribution in [0, 0.1) is 5.92 Å². The molecule has 0 amide bonds. The smallest absolute Gasteiger partial charge is 0.462 e. The van der Waals surface area contributed by atoms with Crippen molar-refractivity contribution in [1.29, 1.82) is 0 Å². The predicted molar refractivity (Wildman–Crippen MR) is 395 cm³/mol. The van der Waals surface area contributed by atoms with E-state index < -0.39 is 97.5 Å². The fraction of sp³-hybridized carbons (Fsp3) is 0.949. The molecular weight excluding hydrogens is 1270 g/mol. The highest BCUT2D eigenvalue weighted by Crippen LogP contribution is 2.45. The minimum atomic E-state index is -4.96. The van der Waals surface area contributed by atoms with Crippen LogP contribution in [0.5, 0.6) is 0 Å². The van der Waals surface area contributed by atoms with Crippen LogP contribution in [-0.4, -0.2) is 96.7 Å². The van der Waals surface area contributed by atoms with Gasteiger partial charge in [0.15, 0.2) is 12.2 Å². The lowest BCUT2D eigenvalue weighted by Crippen LogP contribution is -2.30. The first-order chi connectivity index (χ1) is 47.0. The SMILES string of the molecule is CCCCCCCCCCCCCCCCCCCCCC(=O)OC[C@H](COP(=O)(O)OC[C@@H](O)COP(=O)(O)OC[C@@H](COC(=O)CCCCCCC)OC(=O)CCCCCCCCCCCCCCCC)OC(=O)CCCCCCCCCCCCCCCCCCC(C)C. The van der Waals surface area contributed by atoms with Crippen molar-refractivity contribution < 1.29 is 80.2 Å². The third kappa shape index (κ3) is 72.2. The van der Waals surface area contributed by atoms with Gasteiger partial charge in [0, 0.05) is 25.7 Å². The molecule has 97 heavy (non-hydrogen) atoms. The summed E-state index contributed by atoms with van der Waals surface area (Å²) in [5, 5.41) is 10.6. The van der Waals surface area contributed by atoms with E-state index in [9.17, 15) is 43.2 Å². The Bertz CT molecular complexity index is 1860. The molecule has 0 aromatic heterocycles. The summed E-state index contributed by atoms with van der Waals surface area (Å²) in [5.41, 5.74) is 0. The van der Waals surface area contributed by atoms with Gasteiger partial charge in [-0.05, 0) is 31.6 Å². The van der Waals surface area contributed by atoms with Gasteiger partial charge in [-0.15, -0.1) is 0 Å². The quantitative estimate of drug-likeness (QED) is 0.0222. The van der Waals surface area contributed by atoms with Crippen LogP contribution in [0.2, 0.25) is 0 Å². The highest BCUT2D eigenvalue weighted by molar-refractivity contribution is 7.47. The van der Waals surface area contributed by atoms with Crippen LogP contribution in [0.1, 0.15) is 413 Å². The number of aliphatic hydroxyl groups is 1. The maximum absolute atomic E-state index is 13.1. The van der Waals surface area contributed by atoms with Crippen LogP contribution < -0.4 is 0 Å². The number of ether oxygens (including phenoxy) is 4. The van der Waals surface area contributed by atoms with E-state index in [1.807, 2.05) is 0 Å². The van der Waals surface area contributed by atoms with Crippen molar-refractivity contribution in [2.75, 3.05) is 39.6 Å². The second-order valence-corrected chi connectivity index (χ2v) is 31.5. The standard InChI is InChI=1S/C78H152O17P2/c1-6-9-12-15-17-19-21-23-25-26-27-28-32-36-39-43-47-52-57-62-76(81)89-68-74(95-78(83)64-59-54-49-45-41-37-33-30-29-31-34-38-42-46-51-55-60-71(4)5)70-93-97(86,87)91-66-72(79)65-90-96(84,85)92-69-73(67-88-75(80)61-56-50-14-11-8-3)94-77(82)63-58-53-48-44-40-35-24-22-20-18-16-13-10-7-2/h71-74,79H,6-70H2,1-5H3,(H,84,85)(H,86,87)/t72-,73+,74+/m0/s1. The van der Waals surface area contributed by atoms with E-state index >= 15 is 0 Å². The second-order valence-electron chi connectivity index (χ2n) is 28.6. The van der Waals surface area contributed by atoms with Gasteiger partial charge in [0.2, 0.25) is 0 Å². The highest BCUT2D eigenvalue weighted by Gasteiger charge is 2.30. The average molecular weight is 1420 g/mol. The first-order valence-corrected chi connectivity index (χ1v) is 43.6. The van der Waals surface area contributed by atoms with Gasteiger partial charge in [-0.2, -0.15) is 0 Å². The molecule has 19 heteroatoms. The monoisotopic (exact) mass is 1420 g/mol. The molecule has 17 nitrogen and oxygen atoms in total. The highest BCUT2D eigenvalue weighted by atomic mass is 31.2. The Balaban J connectivity index is 5.13. The van der Waals surface area contributed by atoms with Crippen LogP contribution in [-0.2, 0) is 65.4 Å². The number of aliphatic hydroxyl groups excluding tert-OH is 1. The van der Waals surface area contributed by atoms with Gasteiger partial charge in [0.25, 0.3) is 0 Å². The van der Waals surface area contributed by atoms with E-state index in [-0.39, 0.29) is 25.7 Å². The summed E-state index contributed by atoms with van der Waals surface area (Å²) in [6.07, 6.45) is 61.5. The lowest BCUT2D eigenvalue weighted by Gasteiger charge is -2.21. The summed E-state index contributed by atoms with van der Waals surface area (Å²) >= 11 is 0. The van der Waals surface area contributed by atoms with E-state index in [0.717, 1.165) is 102 Å². The minimum absolute atomic E-state index is 0.107. The van der Waals surface area contributed by atoms with Gasteiger partial charge >= 0.3 is 39.5 Å². The number of rotatable bonds is 78. The minimum Gasteiger partial charge on any atom is -0.462 e. The summed E-state index contributed by atoms with van der Waals surface area (Å²) in [5.74, 6) is -1.31. The maximum atomic E-state index is 13.1. The van der Waals surface area contributed by atoms with Crippen molar-refractivity contribution in [1.82, 2.24) is 0 Å². The normalized spacial score (nSPS) is 13.9. The van der Waals surface area contributed by atoms with Crippen molar-refractivity contribution in [3.63, 3.8) is 0 Å². The molecule has 0 bridgehead atoms. The fourth-order valence-corrected chi connectivity index (χ4v) is 13.6. The van der Waals surface area contributed by atoms with E-state index in [0.29, 0.717) is 25.7 Å². The molecule has 0 aliphatic carbocycles. The van der Waals surface area contributed by atoms with Crippen molar-refractivity contribution in [3.05, 3.63) is 0 Å². The summed E-state index contributed by atoms with van der Waals surface area (Å²) < 4.78 is 68.4. The molecule has 3 N–H and O–H groups in total. The topological polar surface area (TPSA) is 237 Å². The molecule has 0 radical (unpaired) electrons. The van der Waals surface area contributed by atoms with Crippen LogP contribution in [0.3, 0.4) is 0 Å². The Kier molecular flexibility index (Phi) is 69.6. The zero-order chi connectivity index (χ0) is 71.2. The Hall–Kier alpha value is -1.94. The fourth-order valence-electron chi connectivity index (χ4n) is 12.1. The number of unbranched alkanes of at least 4 members (excludes halogenated alkanes) is 50. The molecule has 0 aliphatic rings. The first kappa shape index (κ1) is 95.1. The van der Waals surface area contributed by atoms with E-state index in [2.05, 4.69) is 34.6 Å². The van der Waals surface area contributed by atoms with Gasteiger partial charge in [-0.3, -0.25) is 37.3 Å². The van der Waals surface area contributed by atoms with Crippen LogP contribution in [0.4, 0.5) is 0 Å². The number of carbonyl (C=O) groups is 4. The second kappa shape index (κ2) is 71.1. The van der Waals surface area contributed by atoms with Crippen molar-refractivity contribution in [2.45, 2.75) is 432 Å². The van der Waals surface area contributed by atoms with Crippen molar-refractivity contribution in [3.8, 4) is 0 Å². The molecule has 0 aliphatic heterocycles. The van der Waals surface area contributed by atoms with Gasteiger partial charge < -0.3 is 33.8 Å². The van der Waals surface area contributed by atoms with Gasteiger partial charge in [-0.25, -0.2) is 9.13 Å². The molecular formula is C78H152O17P2. The zero-order valence-corrected chi connectivity index (χ0v) is 65.0. The zero-order valence-electron chi connectivity index (χ0n) is 63.2. The largest absolute Gasteiger partial charge is 0.472 e. The van der Waals surface area contributed by atoms with Gasteiger partial charge in [-0.1, -0.05) is 362 Å². The molecule has 0 spiro atoms. The molecule has 2 unspecified atom stereocenters. The van der Waals surface area contributed by atoms with E-state index in [1.165, 1.54) is 231 Å². The van der Waals surface area contributed by atoms with Crippen LogP contribution in [0.25, 0.3) is 0 Å². The van der Waals surface area contributed by atoms with Gasteiger partial charge in [0.1, 0.15) is 19.3 Å². The summed E-state index contributed by atoms with van der Waals surface area (Å²) in [7, 11) is -9.90. The number of esters is 4. The number of carbonyl (C=O) groups excluding carboxylic acids is 4. The number of phosphoric ester groups is 2. The Labute approximate surface area is 594 Å². The lowest BCUT2D eigenvalue weighted by molar-refractivity contribution is -0.161. The molecule has 0 fully saturated rings.